The summed E-state index contributed by atoms with van der Waals surface area (Å²) < 4.78 is 9.82. The Bertz CT molecular complexity index is 3730. The van der Waals surface area contributed by atoms with Crippen molar-refractivity contribution in [3.8, 4) is 34.1 Å². The summed E-state index contributed by atoms with van der Waals surface area (Å²) in [6, 6.07) is 81.4. The van der Waals surface area contributed by atoms with E-state index in [1.165, 1.54) is 43.1 Å². The topological polar surface area (TPSA) is 32.6 Å². The van der Waals surface area contributed by atoms with Gasteiger partial charge in [0.05, 0.1) is 44.1 Å². The Balaban J connectivity index is 1.33. The van der Waals surface area contributed by atoms with E-state index in [1.54, 1.807) is 0 Å². The standard InChI is InChI=1S/C59H37N5/c1-2-20-38(21-3-1)55-56(61-47-30-12-4-22-39(47)40-23-5-13-31-48(40)61)58(63-51-34-16-8-26-43(51)44-27-9-17-35-52(44)63)60-59(64-53-36-18-10-28-45(53)46-29-11-19-37-54(46)64)57(55)62-49-32-14-6-24-41(49)42-25-7-15-33-50(42)62/h1-37H. The van der Waals surface area contributed by atoms with Gasteiger partial charge in [-0.05, 0) is 54.1 Å². The Labute approximate surface area is 367 Å². The monoisotopic (exact) mass is 815 g/mol. The molecule has 14 aromatic rings. The van der Waals surface area contributed by atoms with E-state index >= 15 is 0 Å². The molecule has 0 N–H and O–H groups in total. The van der Waals surface area contributed by atoms with Gasteiger partial charge in [-0.15, -0.1) is 0 Å². The Kier molecular flexibility index (Phi) is 7.33. The highest BCUT2D eigenvalue weighted by Gasteiger charge is 2.32. The third-order valence-electron chi connectivity index (χ3n) is 13.4. The fraction of sp³-hybridized carbons (Fsp3) is 0. The largest absolute Gasteiger partial charge is 0.305 e. The van der Waals surface area contributed by atoms with Crippen LogP contribution in [0.3, 0.4) is 0 Å². The first-order chi connectivity index (χ1) is 31.8. The molecule has 5 heterocycles. The number of fused-ring (bicyclic) bond motifs is 12. The van der Waals surface area contributed by atoms with Crippen LogP contribution in [-0.4, -0.2) is 23.3 Å². The van der Waals surface area contributed by atoms with Crippen molar-refractivity contribution < 1.29 is 0 Å². The van der Waals surface area contributed by atoms with E-state index in [1.807, 2.05) is 0 Å². The minimum Gasteiger partial charge on any atom is -0.305 e. The van der Waals surface area contributed by atoms with Crippen LogP contribution in [0.25, 0.3) is 121 Å². The van der Waals surface area contributed by atoms with Crippen molar-refractivity contribution in [2.24, 2.45) is 0 Å². The number of benzene rings is 9. The number of rotatable bonds is 5. The lowest BCUT2D eigenvalue weighted by atomic mass is 10.0. The summed E-state index contributed by atoms with van der Waals surface area (Å²) >= 11 is 0. The maximum atomic E-state index is 6.27. The van der Waals surface area contributed by atoms with Gasteiger partial charge in [-0.1, -0.05) is 176 Å². The van der Waals surface area contributed by atoms with Gasteiger partial charge in [0.15, 0.2) is 11.6 Å². The molecule has 0 saturated carbocycles. The molecule has 0 aliphatic heterocycles. The molecule has 0 aliphatic rings. The van der Waals surface area contributed by atoms with Crippen molar-refractivity contribution in [2.75, 3.05) is 0 Å². The van der Waals surface area contributed by atoms with Crippen molar-refractivity contribution in [2.45, 2.75) is 0 Å². The lowest BCUT2D eigenvalue weighted by Gasteiger charge is -2.26. The smallest absolute Gasteiger partial charge is 0.165 e. The molecule has 5 nitrogen and oxygen atoms in total. The molecule has 0 saturated heterocycles. The van der Waals surface area contributed by atoms with Gasteiger partial charge in [0.25, 0.3) is 0 Å². The van der Waals surface area contributed by atoms with Crippen LogP contribution in [-0.2, 0) is 0 Å². The van der Waals surface area contributed by atoms with Gasteiger partial charge in [0, 0.05) is 48.7 Å². The van der Waals surface area contributed by atoms with E-state index in [0.717, 1.165) is 78.3 Å². The second-order valence-corrected chi connectivity index (χ2v) is 16.7. The first-order valence-corrected chi connectivity index (χ1v) is 21.9. The zero-order valence-electron chi connectivity index (χ0n) is 34.6. The highest BCUT2D eigenvalue weighted by Crippen LogP contribution is 2.48. The normalized spacial score (nSPS) is 12.1. The lowest BCUT2D eigenvalue weighted by molar-refractivity contribution is 0.961. The molecular formula is C59H37N5. The van der Waals surface area contributed by atoms with E-state index in [9.17, 15) is 0 Å². The summed E-state index contributed by atoms with van der Waals surface area (Å²) in [6.07, 6.45) is 0. The SMILES string of the molecule is c1ccc(-c2c(-n3c4ccccc4c4ccccc43)c(-n3c4ccccc4c4ccccc43)nc(-n3c4ccccc4c4ccccc43)c2-n2c3ccccc3c3ccccc32)cc1. The van der Waals surface area contributed by atoms with Crippen molar-refractivity contribution in [3.63, 3.8) is 0 Å². The minimum atomic E-state index is 0.837. The van der Waals surface area contributed by atoms with Gasteiger partial charge in [-0.25, -0.2) is 4.98 Å². The van der Waals surface area contributed by atoms with Gasteiger partial charge in [-0.3, -0.25) is 9.13 Å². The predicted octanol–water partition coefficient (Wildman–Crippen LogP) is 15.1. The van der Waals surface area contributed by atoms with Crippen molar-refractivity contribution in [1.29, 1.82) is 0 Å². The molecular weight excluding hydrogens is 779 g/mol. The molecule has 5 aromatic heterocycles. The zero-order valence-corrected chi connectivity index (χ0v) is 34.6. The first kappa shape index (κ1) is 35.0. The van der Waals surface area contributed by atoms with E-state index in [-0.39, 0.29) is 0 Å². The van der Waals surface area contributed by atoms with Crippen LogP contribution >= 0.6 is 0 Å². The fourth-order valence-corrected chi connectivity index (χ4v) is 10.8. The summed E-state index contributed by atoms with van der Waals surface area (Å²) in [6.45, 7) is 0. The molecule has 0 fully saturated rings. The maximum absolute atomic E-state index is 6.27. The summed E-state index contributed by atoms with van der Waals surface area (Å²) in [5.41, 5.74) is 13.0. The van der Waals surface area contributed by atoms with Crippen LogP contribution in [0.1, 0.15) is 0 Å². The second-order valence-electron chi connectivity index (χ2n) is 16.7. The molecule has 0 atom stereocenters. The van der Waals surface area contributed by atoms with Gasteiger partial charge in [0.2, 0.25) is 0 Å². The zero-order chi connectivity index (χ0) is 41.9. The van der Waals surface area contributed by atoms with Crippen LogP contribution < -0.4 is 0 Å². The number of hydrogen-bond donors (Lipinski definition) is 0. The lowest BCUT2D eigenvalue weighted by Crippen LogP contribution is -2.16. The van der Waals surface area contributed by atoms with Crippen LogP contribution in [0.4, 0.5) is 0 Å². The van der Waals surface area contributed by atoms with Gasteiger partial charge in [0.1, 0.15) is 11.4 Å². The predicted molar refractivity (Wildman–Crippen MR) is 267 cm³/mol. The first-order valence-electron chi connectivity index (χ1n) is 21.9. The van der Waals surface area contributed by atoms with Crippen molar-refractivity contribution in [1.82, 2.24) is 23.3 Å². The highest BCUT2D eigenvalue weighted by molar-refractivity contribution is 6.15. The number of para-hydroxylation sites is 8. The number of aromatic nitrogens is 5. The van der Waals surface area contributed by atoms with Gasteiger partial charge in [-0.2, -0.15) is 0 Å². The molecule has 14 rings (SSSR count). The molecule has 64 heavy (non-hydrogen) atoms. The van der Waals surface area contributed by atoms with E-state index in [4.69, 9.17) is 4.98 Å². The summed E-state index contributed by atoms with van der Waals surface area (Å²) in [5.74, 6) is 1.67. The van der Waals surface area contributed by atoms with E-state index in [0.29, 0.717) is 0 Å². The summed E-state index contributed by atoms with van der Waals surface area (Å²) in [4.78, 5) is 6.27. The maximum Gasteiger partial charge on any atom is 0.165 e. The average Bonchev–Trinajstić information content (AvgIpc) is 4.09. The second kappa shape index (κ2) is 13.4. The van der Waals surface area contributed by atoms with Crippen molar-refractivity contribution in [3.05, 3.63) is 224 Å². The van der Waals surface area contributed by atoms with Crippen LogP contribution in [0.2, 0.25) is 0 Å². The molecule has 5 heteroatoms. The van der Waals surface area contributed by atoms with Gasteiger partial charge < -0.3 is 9.13 Å². The molecule has 0 amide bonds. The van der Waals surface area contributed by atoms with Crippen LogP contribution in [0, 0.1) is 0 Å². The Morgan fingerprint density at radius 3 is 0.703 bits per heavy atom. The van der Waals surface area contributed by atoms with Crippen LogP contribution in [0.5, 0.6) is 0 Å². The molecule has 9 aromatic carbocycles. The van der Waals surface area contributed by atoms with Gasteiger partial charge >= 0.3 is 0 Å². The molecule has 0 radical (unpaired) electrons. The molecule has 298 valence electrons. The Morgan fingerprint density at radius 1 is 0.219 bits per heavy atom. The molecule has 0 unspecified atom stereocenters. The van der Waals surface area contributed by atoms with E-state index in [2.05, 4.69) is 243 Å². The molecule has 0 spiro atoms. The van der Waals surface area contributed by atoms with Crippen LogP contribution in [0.15, 0.2) is 224 Å². The number of nitrogens with zero attached hydrogens (tertiary/aromatic N) is 5. The summed E-state index contributed by atoms with van der Waals surface area (Å²) in [5, 5.41) is 9.48. The van der Waals surface area contributed by atoms with E-state index < -0.39 is 0 Å². The fourth-order valence-electron chi connectivity index (χ4n) is 10.8. The highest BCUT2D eigenvalue weighted by atomic mass is 15.2. The summed E-state index contributed by atoms with van der Waals surface area (Å²) in [7, 11) is 0. The molecule has 0 bridgehead atoms. The Hall–Kier alpha value is -8.67. The third kappa shape index (κ3) is 4.75. The van der Waals surface area contributed by atoms with Crippen molar-refractivity contribution >= 4 is 87.2 Å². The third-order valence-corrected chi connectivity index (χ3v) is 13.4. The molecule has 0 aliphatic carbocycles. The average molecular weight is 816 g/mol. The quantitative estimate of drug-likeness (QED) is 0.170. The minimum absolute atomic E-state index is 0.837. The number of pyridine rings is 1. The number of hydrogen-bond acceptors (Lipinski definition) is 1. The Morgan fingerprint density at radius 2 is 0.438 bits per heavy atom.